The Morgan fingerprint density at radius 1 is 1.13 bits per heavy atom. The molecule has 8 nitrogen and oxygen atoms in total. The molecule has 0 saturated carbocycles. The third-order valence-electron chi connectivity index (χ3n) is 5.29. The van der Waals surface area contributed by atoms with Gasteiger partial charge in [0.2, 0.25) is 5.91 Å². The predicted molar refractivity (Wildman–Crippen MR) is 109 cm³/mol. The fourth-order valence-electron chi connectivity index (χ4n) is 3.55. The smallest absolute Gasteiger partial charge is 0.408 e. The molecule has 1 aliphatic heterocycles. The average Bonchev–Trinajstić information content (AvgIpc) is 3.12. The van der Waals surface area contributed by atoms with Crippen LogP contribution in [0.2, 0.25) is 0 Å². The molecule has 156 valence electrons. The highest BCUT2D eigenvalue weighted by atomic mass is 19.1. The first-order valence-corrected chi connectivity index (χ1v) is 9.63. The second-order valence-electron chi connectivity index (χ2n) is 7.23. The maximum Gasteiger partial charge on any atom is 0.417 e. The van der Waals surface area contributed by atoms with E-state index in [2.05, 4.69) is 10.3 Å². The highest BCUT2D eigenvalue weighted by Crippen LogP contribution is 2.17. The Labute approximate surface area is 171 Å². The van der Waals surface area contributed by atoms with Crippen molar-refractivity contribution in [2.45, 2.75) is 13.0 Å². The molecule has 30 heavy (non-hydrogen) atoms. The van der Waals surface area contributed by atoms with Gasteiger partial charge in [-0.2, -0.15) is 0 Å². The molecular formula is C21H21FN4O4. The summed E-state index contributed by atoms with van der Waals surface area (Å²) >= 11 is 0. The lowest BCUT2D eigenvalue weighted by molar-refractivity contribution is -0.121. The Morgan fingerprint density at radius 3 is 2.63 bits per heavy atom. The first-order chi connectivity index (χ1) is 14.4. The summed E-state index contributed by atoms with van der Waals surface area (Å²) in [7, 11) is 0. The molecule has 1 aliphatic rings. The normalized spacial score (nSPS) is 15.9. The summed E-state index contributed by atoms with van der Waals surface area (Å²) in [5.41, 5.74) is 1.73. The van der Waals surface area contributed by atoms with E-state index in [0.29, 0.717) is 48.5 Å². The van der Waals surface area contributed by atoms with E-state index in [-0.39, 0.29) is 11.8 Å². The van der Waals surface area contributed by atoms with Crippen molar-refractivity contribution in [2.24, 2.45) is 0 Å². The number of amides is 2. The van der Waals surface area contributed by atoms with E-state index < -0.39 is 17.6 Å². The maximum atomic E-state index is 13.3. The van der Waals surface area contributed by atoms with Crippen LogP contribution in [0.4, 0.5) is 10.1 Å². The molecule has 2 aromatic carbocycles. The van der Waals surface area contributed by atoms with Gasteiger partial charge in [-0.15, -0.1) is 0 Å². The monoisotopic (exact) mass is 412 g/mol. The predicted octanol–water partition coefficient (Wildman–Crippen LogP) is 2.05. The molecule has 3 aromatic rings. The number of hydrogen-bond acceptors (Lipinski definition) is 5. The van der Waals surface area contributed by atoms with Gasteiger partial charge in [0.05, 0.1) is 11.6 Å². The lowest BCUT2D eigenvalue weighted by atomic mass is 10.1. The molecule has 0 bridgehead atoms. The van der Waals surface area contributed by atoms with Crippen molar-refractivity contribution in [3.8, 4) is 0 Å². The number of benzene rings is 2. The molecule has 1 aromatic heterocycles. The molecule has 1 unspecified atom stereocenters. The molecule has 0 spiro atoms. The topological polar surface area (TPSA) is 98.6 Å². The molecule has 0 radical (unpaired) electrons. The summed E-state index contributed by atoms with van der Waals surface area (Å²) < 4.78 is 18.3. The second-order valence-corrected chi connectivity index (χ2v) is 7.23. The van der Waals surface area contributed by atoms with Crippen LogP contribution in [0.25, 0.3) is 11.1 Å². The summed E-state index contributed by atoms with van der Waals surface area (Å²) in [6, 6.07) is 10.2. The SMILES string of the molecule is CC(C(=O)Nc1cccc(F)c1)N1CCN(C(=O)c2ccc3[nH]c(=O)oc3c2)CC1. The first kappa shape index (κ1) is 19.8. The van der Waals surface area contributed by atoms with Crippen molar-refractivity contribution in [3.05, 3.63) is 64.4 Å². The van der Waals surface area contributed by atoms with Crippen molar-refractivity contribution in [1.82, 2.24) is 14.8 Å². The zero-order valence-corrected chi connectivity index (χ0v) is 16.4. The number of fused-ring (bicyclic) bond motifs is 1. The van der Waals surface area contributed by atoms with Gasteiger partial charge in [0.1, 0.15) is 5.82 Å². The molecule has 1 saturated heterocycles. The minimum Gasteiger partial charge on any atom is -0.408 e. The number of H-pyrrole nitrogens is 1. The molecule has 0 aliphatic carbocycles. The van der Waals surface area contributed by atoms with Gasteiger partial charge < -0.3 is 14.6 Å². The summed E-state index contributed by atoms with van der Waals surface area (Å²) in [4.78, 5) is 42.8. The quantitative estimate of drug-likeness (QED) is 0.683. The number of piperazine rings is 1. The van der Waals surface area contributed by atoms with E-state index in [0.717, 1.165) is 0 Å². The van der Waals surface area contributed by atoms with Crippen molar-refractivity contribution < 1.29 is 18.4 Å². The Kier molecular flexibility index (Phi) is 5.37. The van der Waals surface area contributed by atoms with Gasteiger partial charge in [0.15, 0.2) is 5.58 Å². The van der Waals surface area contributed by atoms with Crippen molar-refractivity contribution in [1.29, 1.82) is 0 Å². The van der Waals surface area contributed by atoms with Crippen LogP contribution in [0.1, 0.15) is 17.3 Å². The molecule has 2 heterocycles. The van der Waals surface area contributed by atoms with Crippen LogP contribution < -0.4 is 11.1 Å². The van der Waals surface area contributed by atoms with Crippen LogP contribution in [0, 0.1) is 5.82 Å². The van der Waals surface area contributed by atoms with Crippen LogP contribution in [0.5, 0.6) is 0 Å². The third-order valence-corrected chi connectivity index (χ3v) is 5.29. The van der Waals surface area contributed by atoms with E-state index in [4.69, 9.17) is 4.42 Å². The Morgan fingerprint density at radius 2 is 1.90 bits per heavy atom. The first-order valence-electron chi connectivity index (χ1n) is 9.63. The van der Waals surface area contributed by atoms with Gasteiger partial charge >= 0.3 is 5.76 Å². The minimum absolute atomic E-state index is 0.155. The van der Waals surface area contributed by atoms with E-state index >= 15 is 0 Å². The summed E-state index contributed by atoms with van der Waals surface area (Å²) in [5, 5.41) is 2.72. The van der Waals surface area contributed by atoms with E-state index in [1.165, 1.54) is 18.2 Å². The molecule has 1 atom stereocenters. The number of rotatable bonds is 4. The largest absolute Gasteiger partial charge is 0.417 e. The van der Waals surface area contributed by atoms with Gasteiger partial charge in [-0.05, 0) is 43.3 Å². The fraction of sp³-hybridized carbons (Fsp3) is 0.286. The van der Waals surface area contributed by atoms with Crippen LogP contribution >= 0.6 is 0 Å². The summed E-state index contributed by atoms with van der Waals surface area (Å²) in [6.45, 7) is 3.78. The fourth-order valence-corrected chi connectivity index (χ4v) is 3.55. The van der Waals surface area contributed by atoms with Gasteiger partial charge in [-0.25, -0.2) is 9.18 Å². The van der Waals surface area contributed by atoms with Gasteiger partial charge in [-0.1, -0.05) is 6.07 Å². The van der Waals surface area contributed by atoms with Crippen LogP contribution in [-0.2, 0) is 4.79 Å². The van der Waals surface area contributed by atoms with Crippen LogP contribution in [0.15, 0.2) is 51.7 Å². The summed E-state index contributed by atoms with van der Waals surface area (Å²) in [6.07, 6.45) is 0. The highest BCUT2D eigenvalue weighted by molar-refractivity contribution is 5.97. The summed E-state index contributed by atoms with van der Waals surface area (Å²) in [5.74, 6) is -1.36. The number of anilines is 1. The van der Waals surface area contributed by atoms with E-state index in [1.807, 2.05) is 4.90 Å². The van der Waals surface area contributed by atoms with Crippen molar-refractivity contribution >= 4 is 28.6 Å². The van der Waals surface area contributed by atoms with Gasteiger partial charge in [-0.3, -0.25) is 19.5 Å². The van der Waals surface area contributed by atoms with Gasteiger partial charge in [0.25, 0.3) is 5.91 Å². The zero-order valence-electron chi connectivity index (χ0n) is 16.4. The molecular weight excluding hydrogens is 391 g/mol. The zero-order chi connectivity index (χ0) is 21.3. The number of aromatic nitrogens is 1. The van der Waals surface area contributed by atoms with Crippen molar-refractivity contribution in [2.75, 3.05) is 31.5 Å². The standard InChI is InChI=1S/C21H21FN4O4/c1-13(19(27)23-16-4-2-3-15(22)12-16)25-7-9-26(10-8-25)20(28)14-5-6-17-18(11-14)30-21(29)24-17/h2-6,11-13H,7-10H2,1H3,(H,23,27)(H,24,29). The number of oxazole rings is 1. The third kappa shape index (κ3) is 4.11. The highest BCUT2D eigenvalue weighted by Gasteiger charge is 2.28. The lowest BCUT2D eigenvalue weighted by Crippen LogP contribution is -2.54. The number of halogens is 1. The Hall–Kier alpha value is -3.46. The molecule has 2 N–H and O–H groups in total. The average molecular weight is 412 g/mol. The second kappa shape index (κ2) is 8.11. The Balaban J connectivity index is 1.35. The number of aromatic amines is 1. The van der Waals surface area contributed by atoms with Gasteiger partial charge in [0, 0.05) is 37.4 Å². The number of carbonyl (C=O) groups is 2. The van der Waals surface area contributed by atoms with E-state index in [1.54, 1.807) is 36.1 Å². The Bertz CT molecular complexity index is 1150. The molecule has 4 rings (SSSR count). The minimum atomic E-state index is -0.561. The van der Waals surface area contributed by atoms with Crippen LogP contribution in [0.3, 0.4) is 0 Å². The number of hydrogen-bond donors (Lipinski definition) is 2. The number of carbonyl (C=O) groups excluding carboxylic acids is 2. The maximum absolute atomic E-state index is 13.3. The molecule has 9 heteroatoms. The van der Waals surface area contributed by atoms with Crippen LogP contribution in [-0.4, -0.2) is 58.8 Å². The molecule has 2 amide bonds. The molecule has 1 fully saturated rings. The van der Waals surface area contributed by atoms with E-state index in [9.17, 15) is 18.8 Å². The van der Waals surface area contributed by atoms with Crippen molar-refractivity contribution in [3.63, 3.8) is 0 Å². The number of nitrogens with one attached hydrogen (secondary N) is 2. The number of nitrogens with zero attached hydrogens (tertiary/aromatic N) is 2. The lowest BCUT2D eigenvalue weighted by Gasteiger charge is -2.37.